The first-order valence-corrected chi connectivity index (χ1v) is 1.84. The minimum Gasteiger partial charge on any atom is -0.224 e. The Hall–Kier alpha value is -0.640. The third-order valence-electron chi connectivity index (χ3n) is 0.537. The quantitative estimate of drug-likeness (QED) is 0.416. The van der Waals surface area contributed by atoms with Crippen molar-refractivity contribution < 1.29 is 0 Å². The van der Waals surface area contributed by atoms with Gasteiger partial charge in [-0.3, -0.25) is 0 Å². The molecule has 0 unspecified atom stereocenters. The van der Waals surface area contributed by atoms with Crippen molar-refractivity contribution >= 4 is 0 Å². The number of nitrogens with zero attached hydrogens (tertiary/aromatic N) is 2. The number of nitrogens with one attached hydrogen (secondary N) is 2. The molecule has 0 aromatic rings. The summed E-state index contributed by atoms with van der Waals surface area (Å²) in [5.74, 6) is 0. The Morgan fingerprint density at radius 3 is 2.67 bits per heavy atom. The smallest absolute Gasteiger partial charge is 0.0764 e. The predicted molar refractivity (Wildman–Crippen MR) is 20.9 cm³/mol. The lowest BCUT2D eigenvalue weighted by Crippen LogP contribution is -2.32. The van der Waals surface area contributed by atoms with Gasteiger partial charge in [-0.05, 0) is 0 Å². The van der Waals surface area contributed by atoms with E-state index in [0.717, 1.165) is 13.1 Å². The van der Waals surface area contributed by atoms with E-state index in [9.17, 15) is 0 Å². The molecule has 0 aromatic carbocycles. The molecule has 0 radical (unpaired) electrons. The summed E-state index contributed by atoms with van der Waals surface area (Å²) >= 11 is 0. The lowest BCUT2D eigenvalue weighted by Gasteiger charge is -2.02. The van der Waals surface area contributed by atoms with Crippen molar-refractivity contribution in [1.82, 2.24) is 11.0 Å². The summed E-state index contributed by atoms with van der Waals surface area (Å²) in [4.78, 5) is 0. The Kier molecular flexibility index (Phi) is 1.01. The largest absolute Gasteiger partial charge is 0.224 e. The highest BCUT2D eigenvalue weighted by molar-refractivity contribution is 4.43. The van der Waals surface area contributed by atoms with Gasteiger partial charge in [0.2, 0.25) is 0 Å². The molecule has 34 valence electrons. The number of hydrogen-bond acceptors (Lipinski definition) is 4. The molecule has 0 aromatic heterocycles. The number of rotatable bonds is 0. The average molecular weight is 86.1 g/mol. The van der Waals surface area contributed by atoms with Gasteiger partial charge >= 0.3 is 0 Å². The van der Waals surface area contributed by atoms with E-state index in [-0.39, 0.29) is 0 Å². The van der Waals surface area contributed by atoms with Crippen LogP contribution in [-0.4, -0.2) is 13.1 Å². The molecule has 0 atom stereocenters. The normalized spacial score (nSPS) is 20.0. The standard InChI is InChI=1S/C2H6N4/c1-2-4-6-5-3-1/h1-2H2,(H,3,6)(H,4,5). The third-order valence-corrected chi connectivity index (χ3v) is 0.537. The van der Waals surface area contributed by atoms with E-state index < -0.39 is 0 Å². The van der Waals surface area contributed by atoms with E-state index in [1.807, 2.05) is 0 Å². The van der Waals surface area contributed by atoms with Gasteiger partial charge in [0, 0.05) is 6.54 Å². The molecule has 1 aliphatic rings. The Morgan fingerprint density at radius 1 is 1.50 bits per heavy atom. The number of hydrogen-bond donors (Lipinski definition) is 2. The van der Waals surface area contributed by atoms with Crippen LogP contribution in [-0.2, 0) is 0 Å². The second kappa shape index (κ2) is 1.71. The van der Waals surface area contributed by atoms with E-state index in [1.54, 1.807) is 0 Å². The van der Waals surface area contributed by atoms with Crippen molar-refractivity contribution in [3.05, 3.63) is 0 Å². The Bertz CT molecular complexity index is 50.6. The summed E-state index contributed by atoms with van der Waals surface area (Å²) in [5.41, 5.74) is 5.27. The minimum atomic E-state index is 0.785. The first kappa shape index (κ1) is 3.55. The lowest BCUT2D eigenvalue weighted by atomic mass is 10.7. The maximum atomic E-state index is 3.63. The Morgan fingerprint density at radius 2 is 2.50 bits per heavy atom. The summed E-state index contributed by atoms with van der Waals surface area (Å²) in [7, 11) is 0. The van der Waals surface area contributed by atoms with E-state index in [1.165, 1.54) is 0 Å². The van der Waals surface area contributed by atoms with Crippen LogP contribution in [0.15, 0.2) is 10.3 Å². The van der Waals surface area contributed by atoms with Crippen molar-refractivity contribution in [1.29, 1.82) is 0 Å². The van der Waals surface area contributed by atoms with Crippen LogP contribution in [0.2, 0.25) is 0 Å². The van der Waals surface area contributed by atoms with Gasteiger partial charge in [0.1, 0.15) is 0 Å². The fourth-order valence-electron chi connectivity index (χ4n) is 0.283. The van der Waals surface area contributed by atoms with Gasteiger partial charge in [0.25, 0.3) is 0 Å². The second-order valence-corrected chi connectivity index (χ2v) is 1.00. The van der Waals surface area contributed by atoms with Crippen LogP contribution >= 0.6 is 0 Å². The van der Waals surface area contributed by atoms with Gasteiger partial charge in [0.05, 0.1) is 6.54 Å². The SMILES string of the molecule is C1CNNN=N1. The molecule has 0 saturated carbocycles. The van der Waals surface area contributed by atoms with Crippen LogP contribution < -0.4 is 11.0 Å². The van der Waals surface area contributed by atoms with Crippen molar-refractivity contribution in [2.45, 2.75) is 0 Å². The highest BCUT2D eigenvalue weighted by Crippen LogP contribution is 1.71. The van der Waals surface area contributed by atoms with Crippen LogP contribution in [0.4, 0.5) is 0 Å². The van der Waals surface area contributed by atoms with Crippen LogP contribution in [0.1, 0.15) is 0 Å². The fourth-order valence-corrected chi connectivity index (χ4v) is 0.283. The zero-order valence-corrected chi connectivity index (χ0v) is 3.31. The van der Waals surface area contributed by atoms with Crippen LogP contribution in [0, 0.1) is 0 Å². The molecule has 0 saturated heterocycles. The summed E-state index contributed by atoms with van der Waals surface area (Å²) in [6, 6.07) is 0. The van der Waals surface area contributed by atoms with E-state index >= 15 is 0 Å². The molecule has 1 rings (SSSR count). The minimum absolute atomic E-state index is 0.785. The highest BCUT2D eigenvalue weighted by atomic mass is 15.6. The van der Waals surface area contributed by atoms with Crippen LogP contribution in [0.25, 0.3) is 0 Å². The molecule has 0 amide bonds. The van der Waals surface area contributed by atoms with Gasteiger partial charge in [-0.1, -0.05) is 5.22 Å². The molecule has 2 N–H and O–H groups in total. The fraction of sp³-hybridized carbons (Fsp3) is 1.00. The van der Waals surface area contributed by atoms with Crippen LogP contribution in [0.5, 0.6) is 0 Å². The summed E-state index contributed by atoms with van der Waals surface area (Å²) in [5, 5.41) is 7.07. The molecule has 0 spiro atoms. The zero-order chi connectivity index (χ0) is 4.24. The van der Waals surface area contributed by atoms with Crippen molar-refractivity contribution in [3.8, 4) is 0 Å². The highest BCUT2D eigenvalue weighted by Gasteiger charge is 1.84. The molecule has 6 heavy (non-hydrogen) atoms. The van der Waals surface area contributed by atoms with Crippen molar-refractivity contribution in [3.63, 3.8) is 0 Å². The zero-order valence-electron chi connectivity index (χ0n) is 3.31. The summed E-state index contributed by atoms with van der Waals surface area (Å²) < 4.78 is 0. The molecule has 0 fully saturated rings. The first-order valence-electron chi connectivity index (χ1n) is 1.84. The number of hydrazine groups is 1. The van der Waals surface area contributed by atoms with Gasteiger partial charge in [-0.2, -0.15) is 5.11 Å². The summed E-state index contributed by atoms with van der Waals surface area (Å²) in [6.07, 6.45) is 0. The molecule has 1 heterocycles. The molecule has 0 bridgehead atoms. The molecule has 0 aliphatic carbocycles. The van der Waals surface area contributed by atoms with Gasteiger partial charge in [0.15, 0.2) is 0 Å². The maximum Gasteiger partial charge on any atom is 0.0764 e. The topological polar surface area (TPSA) is 48.8 Å². The second-order valence-electron chi connectivity index (χ2n) is 1.00. The van der Waals surface area contributed by atoms with Crippen molar-refractivity contribution in [2.75, 3.05) is 13.1 Å². The Labute approximate surface area is 35.6 Å². The first-order chi connectivity index (χ1) is 3.00. The summed E-state index contributed by atoms with van der Waals surface area (Å²) in [6.45, 7) is 1.66. The van der Waals surface area contributed by atoms with Crippen molar-refractivity contribution in [2.24, 2.45) is 10.3 Å². The van der Waals surface area contributed by atoms with E-state index in [0.29, 0.717) is 0 Å². The monoisotopic (exact) mass is 86.1 g/mol. The average Bonchev–Trinajstić information content (AvgIpc) is 1.72. The molecule has 1 aliphatic heterocycles. The lowest BCUT2D eigenvalue weighted by molar-refractivity contribution is 0.484. The molecule has 4 nitrogen and oxygen atoms in total. The van der Waals surface area contributed by atoms with E-state index in [4.69, 9.17) is 0 Å². The predicted octanol–water partition coefficient (Wildman–Crippen LogP) is -0.539. The van der Waals surface area contributed by atoms with Gasteiger partial charge in [-0.15, -0.1) is 0 Å². The van der Waals surface area contributed by atoms with E-state index in [2.05, 4.69) is 21.3 Å². The van der Waals surface area contributed by atoms with Crippen LogP contribution in [0.3, 0.4) is 0 Å². The van der Waals surface area contributed by atoms with Gasteiger partial charge in [-0.25, -0.2) is 11.0 Å². The third kappa shape index (κ3) is 0.651. The molecular formula is C2H6N4. The van der Waals surface area contributed by atoms with Gasteiger partial charge < -0.3 is 0 Å². The molecule has 4 heteroatoms. The Balaban J connectivity index is 2.26. The molecular weight excluding hydrogens is 80.0 g/mol. The maximum absolute atomic E-state index is 3.63.